The molecule has 0 aromatic heterocycles. The fourth-order valence-corrected chi connectivity index (χ4v) is 17.4. The summed E-state index contributed by atoms with van der Waals surface area (Å²) in [6.07, 6.45) is 4.24. The average Bonchev–Trinajstić information content (AvgIpc) is 1.61. The number of hydrogen-bond acceptors (Lipinski definition) is 3. The summed E-state index contributed by atoms with van der Waals surface area (Å²) in [5.74, 6) is 0. The van der Waals surface area contributed by atoms with Crippen LogP contribution in [0, 0.1) is 0 Å². The summed E-state index contributed by atoms with van der Waals surface area (Å²) in [5.41, 5.74) is 31.2. The molecule has 4 heteroatoms. The maximum atomic E-state index is 2.81. The lowest BCUT2D eigenvalue weighted by Gasteiger charge is -2.53. The predicted molar refractivity (Wildman–Crippen MR) is 399 cm³/mol. The van der Waals surface area contributed by atoms with Gasteiger partial charge < -0.3 is 14.7 Å². The number of anilines is 8. The van der Waals surface area contributed by atoms with Crippen LogP contribution in [-0.2, 0) is 49.9 Å². The molecule has 0 radical (unpaired) electrons. The van der Waals surface area contributed by atoms with Crippen molar-refractivity contribution < 1.29 is 0 Å². The van der Waals surface area contributed by atoms with E-state index in [0.29, 0.717) is 0 Å². The number of hydrogen-bond donors (Lipinski definition) is 0. The second-order valence-electron chi connectivity index (χ2n) is 33.8. The smallest absolute Gasteiger partial charge is 0.252 e. The Hall–Kier alpha value is -8.34. The van der Waals surface area contributed by atoms with E-state index in [0.717, 1.165) is 25.7 Å². The van der Waals surface area contributed by atoms with Crippen LogP contribution in [0.15, 0.2) is 212 Å². The number of aryl methyl sites for hydroxylation is 1. The van der Waals surface area contributed by atoms with Crippen molar-refractivity contribution in [1.29, 1.82) is 0 Å². The highest BCUT2D eigenvalue weighted by Crippen LogP contribution is 2.67. The van der Waals surface area contributed by atoms with Crippen molar-refractivity contribution in [2.45, 2.75) is 187 Å². The van der Waals surface area contributed by atoms with Gasteiger partial charge in [0.05, 0.1) is 22.3 Å². The Bertz CT molecular complexity index is 4640. The average molecular weight is 1220 g/mol. The van der Waals surface area contributed by atoms with Gasteiger partial charge in [0.15, 0.2) is 0 Å². The van der Waals surface area contributed by atoms with Crippen LogP contribution in [0.5, 0.6) is 0 Å². The van der Waals surface area contributed by atoms with Crippen molar-refractivity contribution in [3.63, 3.8) is 0 Å². The van der Waals surface area contributed by atoms with Crippen molar-refractivity contribution in [2.24, 2.45) is 0 Å². The van der Waals surface area contributed by atoms with Crippen molar-refractivity contribution in [1.82, 2.24) is 0 Å². The molecule has 15 rings (SSSR count). The number of rotatable bonds is 6. The van der Waals surface area contributed by atoms with Gasteiger partial charge in [-0.25, -0.2) is 0 Å². The zero-order valence-corrected chi connectivity index (χ0v) is 58.5. The third-order valence-electron chi connectivity index (χ3n) is 22.9. The molecule has 0 saturated carbocycles. The molecule has 468 valence electrons. The summed E-state index contributed by atoms with van der Waals surface area (Å²) >= 11 is 0. The van der Waals surface area contributed by atoms with Crippen molar-refractivity contribution >= 4 is 68.6 Å². The van der Waals surface area contributed by atoms with Crippen molar-refractivity contribution in [3.05, 3.63) is 268 Å². The predicted octanol–water partition coefficient (Wildman–Crippen LogP) is 21.9. The molecule has 5 aliphatic rings. The normalized spacial score (nSPS) is 19.2. The van der Waals surface area contributed by atoms with Crippen LogP contribution in [0.3, 0.4) is 0 Å². The van der Waals surface area contributed by atoms with Crippen molar-refractivity contribution in [2.75, 3.05) is 14.7 Å². The van der Waals surface area contributed by atoms with Gasteiger partial charge in [-0.05, 0) is 209 Å². The van der Waals surface area contributed by atoms with E-state index >= 15 is 0 Å². The highest BCUT2D eigenvalue weighted by molar-refractivity contribution is 7.00. The van der Waals surface area contributed by atoms with E-state index in [1.807, 2.05) is 0 Å². The number of benzene rings is 10. The van der Waals surface area contributed by atoms with Gasteiger partial charge in [-0.15, -0.1) is 0 Å². The summed E-state index contributed by atoms with van der Waals surface area (Å²) in [4.78, 5) is 8.30. The summed E-state index contributed by atoms with van der Waals surface area (Å²) in [6, 6.07) is 84.2. The van der Waals surface area contributed by atoms with Crippen LogP contribution in [0.1, 0.15) is 193 Å². The minimum Gasteiger partial charge on any atom is -0.330 e. The Labute approximate surface area is 557 Å². The van der Waals surface area contributed by atoms with E-state index in [9.17, 15) is 0 Å². The quantitative estimate of drug-likeness (QED) is 0.154. The zero-order valence-electron chi connectivity index (χ0n) is 58.5. The number of nitrogens with zero attached hydrogens (tertiary/aromatic N) is 3. The SMILES string of the molecule is CC(C)(C)c1ccc(N2c3cc(N4c5ccc(C(C)(C)C)cc5C5(c6ccccc6)CCc6ccccc6C45C)ccc3B3c4cc5c(cc4N(c4ccc(C(C)(C)C)cc4-c4ccccc4)c4cc(C(C)(C)C)cc2c43)C(C)(C)CCC5(C)C)c(-c2ccccc2)c1. The maximum Gasteiger partial charge on any atom is 0.252 e. The summed E-state index contributed by atoms with van der Waals surface area (Å²) < 4.78 is 0. The monoisotopic (exact) mass is 1220 g/mol. The lowest BCUT2D eigenvalue weighted by atomic mass is 9.33. The molecule has 10 aromatic carbocycles. The second-order valence-corrected chi connectivity index (χ2v) is 33.8. The Morgan fingerprint density at radius 2 is 0.806 bits per heavy atom. The standard InChI is InChI=1S/C89H94BN3/c1-82(2,3)61-37-42-74(66(49-61)57-29-21-18-22-30-57)91-77-54-65(93-76-44-39-63(84(7,8)9)51-71(76)89(60-34-25-20-26-35-60)46-45-59-33-27-28-36-68(59)88(89,93)17)40-41-72(77)90-73-55-69-70(87(15,16)48-47-86(69,13)14)56-78(73)92(80-53-64(85(10,11)12)52-79(91)81(80)90)75-43-38-62(83(4,5)6)50-67(75)58-31-23-19-24-32-58/h18-44,49-56H,45-48H2,1-17H3. The van der Waals surface area contributed by atoms with Gasteiger partial charge in [-0.1, -0.05) is 262 Å². The fraction of sp³-hybridized carbons (Fsp3) is 0.326. The fourth-order valence-electron chi connectivity index (χ4n) is 17.4. The highest BCUT2D eigenvalue weighted by atomic mass is 15.3. The Kier molecular flexibility index (Phi) is 13.6. The lowest BCUT2D eigenvalue weighted by molar-refractivity contribution is 0.270. The molecule has 0 saturated heterocycles. The molecule has 3 nitrogen and oxygen atoms in total. The van der Waals surface area contributed by atoms with E-state index in [4.69, 9.17) is 0 Å². The van der Waals surface area contributed by atoms with Gasteiger partial charge in [0.25, 0.3) is 6.71 Å². The van der Waals surface area contributed by atoms with Gasteiger partial charge in [-0.2, -0.15) is 0 Å². The molecule has 2 unspecified atom stereocenters. The Morgan fingerprint density at radius 3 is 1.33 bits per heavy atom. The third kappa shape index (κ3) is 9.32. The van der Waals surface area contributed by atoms with E-state index in [2.05, 4.69) is 345 Å². The van der Waals surface area contributed by atoms with Gasteiger partial charge in [0, 0.05) is 45.3 Å². The van der Waals surface area contributed by atoms with Crippen LogP contribution >= 0.6 is 0 Å². The molecule has 3 aliphatic heterocycles. The largest absolute Gasteiger partial charge is 0.330 e. The molecule has 93 heavy (non-hydrogen) atoms. The van der Waals surface area contributed by atoms with Gasteiger partial charge >= 0.3 is 0 Å². The molecule has 2 aliphatic carbocycles. The minimum absolute atomic E-state index is 0.0334. The molecule has 0 fully saturated rings. The zero-order chi connectivity index (χ0) is 65.3. The first-order valence-corrected chi connectivity index (χ1v) is 34.6. The first kappa shape index (κ1) is 60.9. The molecular formula is C89H94BN3. The van der Waals surface area contributed by atoms with E-state index in [-0.39, 0.29) is 44.6 Å². The number of fused-ring (bicyclic) bond motifs is 10. The van der Waals surface area contributed by atoms with Crippen LogP contribution in [-0.4, -0.2) is 6.71 Å². The summed E-state index contributed by atoms with van der Waals surface area (Å²) in [6.45, 7) is 41.0. The molecular weight excluding hydrogens is 1120 g/mol. The molecule has 2 atom stereocenters. The van der Waals surface area contributed by atoms with Crippen molar-refractivity contribution in [3.8, 4) is 22.3 Å². The van der Waals surface area contributed by atoms with Crippen LogP contribution < -0.4 is 31.1 Å². The highest BCUT2D eigenvalue weighted by Gasteiger charge is 2.63. The molecule has 0 spiro atoms. The first-order chi connectivity index (χ1) is 44.0. The van der Waals surface area contributed by atoms with Gasteiger partial charge in [0.2, 0.25) is 0 Å². The van der Waals surface area contributed by atoms with Gasteiger partial charge in [-0.3, -0.25) is 0 Å². The van der Waals surface area contributed by atoms with Gasteiger partial charge in [0.1, 0.15) is 0 Å². The topological polar surface area (TPSA) is 9.72 Å². The van der Waals surface area contributed by atoms with Crippen LogP contribution in [0.4, 0.5) is 45.5 Å². The molecule has 0 amide bonds. The van der Waals surface area contributed by atoms with Crippen LogP contribution in [0.25, 0.3) is 22.3 Å². The lowest BCUT2D eigenvalue weighted by Crippen LogP contribution is -2.62. The molecule has 0 bridgehead atoms. The van der Waals surface area contributed by atoms with E-state index in [1.165, 1.54) is 140 Å². The van der Waals surface area contributed by atoms with E-state index in [1.54, 1.807) is 0 Å². The minimum atomic E-state index is -0.530. The second kappa shape index (κ2) is 20.8. The third-order valence-corrected chi connectivity index (χ3v) is 22.9. The van der Waals surface area contributed by atoms with E-state index < -0.39 is 5.54 Å². The molecule has 0 N–H and O–H groups in total. The Balaban J connectivity index is 1.10. The Morgan fingerprint density at radius 1 is 0.344 bits per heavy atom. The summed E-state index contributed by atoms with van der Waals surface area (Å²) in [5, 5.41) is 0. The molecule has 10 aromatic rings. The summed E-state index contributed by atoms with van der Waals surface area (Å²) in [7, 11) is 0. The first-order valence-electron chi connectivity index (χ1n) is 34.6. The molecule has 3 heterocycles. The maximum absolute atomic E-state index is 2.81. The van der Waals surface area contributed by atoms with Crippen LogP contribution in [0.2, 0.25) is 0 Å².